The van der Waals surface area contributed by atoms with E-state index < -0.39 is 17.5 Å². The van der Waals surface area contributed by atoms with Crippen LogP contribution in [0.15, 0.2) is 0 Å². The molecule has 0 unspecified atom stereocenters. The lowest BCUT2D eigenvalue weighted by atomic mass is 9.49. The maximum absolute atomic E-state index is 12.4. The normalized spacial score (nSPS) is 37.8. The van der Waals surface area contributed by atoms with Crippen LogP contribution in [0.4, 0.5) is 13.2 Å². The summed E-state index contributed by atoms with van der Waals surface area (Å²) in [5.41, 5.74) is -4.70. The first kappa shape index (κ1) is 15.5. The standard InChI is InChI=1S/C14H19F3NO2S/c15-14(16,17)21-18-1-2-20-12(19)13-6-9-3-10(7-13)5-11(4-9)8-13/h9-11H,1-8H2/q-1. The zero-order chi connectivity index (χ0) is 15.1. The maximum atomic E-state index is 12.4. The van der Waals surface area contributed by atoms with Gasteiger partial charge in [0.2, 0.25) is 0 Å². The van der Waals surface area contributed by atoms with Crippen LogP contribution in [0.3, 0.4) is 0 Å². The Bertz CT molecular complexity index is 378. The molecule has 4 saturated carbocycles. The van der Waals surface area contributed by atoms with E-state index in [9.17, 15) is 18.0 Å². The van der Waals surface area contributed by atoms with Gasteiger partial charge in [0.05, 0.1) is 12.0 Å². The van der Waals surface area contributed by atoms with Crippen LogP contribution in [-0.2, 0) is 9.53 Å². The first-order chi connectivity index (χ1) is 9.86. The van der Waals surface area contributed by atoms with E-state index in [0.717, 1.165) is 19.3 Å². The number of hydrogen-bond donors (Lipinski definition) is 0. The second-order valence-corrected chi connectivity index (χ2v) is 7.63. The number of esters is 1. The van der Waals surface area contributed by atoms with Gasteiger partial charge in [0.15, 0.2) is 0 Å². The molecule has 120 valence electrons. The topological polar surface area (TPSA) is 40.4 Å². The summed E-state index contributed by atoms with van der Waals surface area (Å²) in [6.07, 6.45) is 6.45. The summed E-state index contributed by atoms with van der Waals surface area (Å²) in [6.45, 7) is -0.161. The third kappa shape index (κ3) is 3.50. The molecule has 3 nitrogen and oxygen atoms in total. The molecular formula is C14H19F3NO2S-. The molecule has 0 saturated heterocycles. The molecule has 0 aliphatic heterocycles. The van der Waals surface area contributed by atoms with Crippen LogP contribution in [0.25, 0.3) is 4.72 Å². The fourth-order valence-electron chi connectivity index (χ4n) is 4.81. The molecular weight excluding hydrogens is 303 g/mol. The van der Waals surface area contributed by atoms with Crippen molar-refractivity contribution in [3.8, 4) is 0 Å². The summed E-state index contributed by atoms with van der Waals surface area (Å²) < 4.78 is 44.2. The van der Waals surface area contributed by atoms with Crippen molar-refractivity contribution in [2.75, 3.05) is 13.2 Å². The van der Waals surface area contributed by atoms with Gasteiger partial charge in [-0.1, -0.05) is 0 Å². The SMILES string of the molecule is O=C(OCC[N-]SC(F)(F)F)C12CC3CC(CC(C3)C1)C2. The van der Waals surface area contributed by atoms with Gasteiger partial charge in [-0.2, -0.15) is 25.1 Å². The third-order valence-corrected chi connectivity index (χ3v) is 5.57. The number of rotatable bonds is 5. The van der Waals surface area contributed by atoms with Crippen LogP contribution in [-0.4, -0.2) is 24.6 Å². The van der Waals surface area contributed by atoms with E-state index in [2.05, 4.69) is 4.72 Å². The van der Waals surface area contributed by atoms with Crippen LogP contribution >= 0.6 is 11.9 Å². The molecule has 0 heterocycles. The molecule has 0 amide bonds. The predicted octanol–water partition coefficient (Wildman–Crippen LogP) is 4.29. The van der Waals surface area contributed by atoms with Crippen molar-refractivity contribution in [3.63, 3.8) is 0 Å². The van der Waals surface area contributed by atoms with Gasteiger partial charge in [-0.3, -0.25) is 4.79 Å². The molecule has 7 heteroatoms. The molecule has 0 spiro atoms. The molecule has 0 aromatic carbocycles. The number of alkyl halides is 3. The lowest BCUT2D eigenvalue weighted by Crippen LogP contribution is -2.50. The summed E-state index contributed by atoms with van der Waals surface area (Å²) in [5, 5.41) is 0. The first-order valence-corrected chi connectivity index (χ1v) is 8.23. The zero-order valence-electron chi connectivity index (χ0n) is 11.7. The molecule has 0 atom stereocenters. The quantitative estimate of drug-likeness (QED) is 0.431. The molecule has 0 aromatic heterocycles. The largest absolute Gasteiger partial charge is 0.596 e. The van der Waals surface area contributed by atoms with Crippen molar-refractivity contribution in [3.05, 3.63) is 4.72 Å². The van der Waals surface area contributed by atoms with Crippen LogP contribution in [0, 0.1) is 23.2 Å². The molecule has 0 N–H and O–H groups in total. The summed E-state index contributed by atoms with van der Waals surface area (Å²) in [6, 6.07) is 0. The number of carbonyl (C=O) groups is 1. The molecule has 4 aliphatic carbocycles. The Labute approximate surface area is 126 Å². The number of carbonyl (C=O) groups excluding carboxylic acids is 1. The maximum Gasteiger partial charge on any atom is 0.423 e. The van der Waals surface area contributed by atoms with Crippen LogP contribution in [0.5, 0.6) is 0 Å². The van der Waals surface area contributed by atoms with Crippen molar-refractivity contribution >= 4 is 17.9 Å². The summed E-state index contributed by atoms with van der Waals surface area (Å²) in [4.78, 5) is 12.4. The van der Waals surface area contributed by atoms with E-state index in [4.69, 9.17) is 4.74 Å². The average Bonchev–Trinajstić information content (AvgIpc) is 2.35. The minimum Gasteiger partial charge on any atom is -0.596 e. The Morgan fingerprint density at radius 3 is 2.14 bits per heavy atom. The Kier molecular flexibility index (Phi) is 4.16. The van der Waals surface area contributed by atoms with Crippen molar-refractivity contribution in [2.45, 2.75) is 44.0 Å². The summed E-state index contributed by atoms with van der Waals surface area (Å²) >= 11 is -0.422. The van der Waals surface area contributed by atoms with Crippen LogP contribution < -0.4 is 0 Å². The lowest BCUT2D eigenvalue weighted by Gasteiger charge is -2.55. The fourth-order valence-corrected chi connectivity index (χ4v) is 5.12. The van der Waals surface area contributed by atoms with Gasteiger partial charge >= 0.3 is 11.5 Å². The van der Waals surface area contributed by atoms with Gasteiger partial charge in [-0.05, 0) is 56.3 Å². The molecule has 0 radical (unpaired) electrons. The molecule has 4 bridgehead atoms. The second kappa shape index (κ2) is 5.65. The second-order valence-electron chi connectivity index (χ2n) is 6.72. The molecule has 0 aromatic rings. The van der Waals surface area contributed by atoms with E-state index in [1.54, 1.807) is 0 Å². The lowest BCUT2D eigenvalue weighted by molar-refractivity contribution is -0.171. The van der Waals surface area contributed by atoms with Crippen molar-refractivity contribution in [2.24, 2.45) is 23.2 Å². The van der Waals surface area contributed by atoms with Crippen LogP contribution in [0.2, 0.25) is 0 Å². The highest BCUT2D eigenvalue weighted by Gasteiger charge is 2.55. The minimum absolute atomic E-state index is 0.0519. The Hall–Kier alpha value is -0.430. The van der Waals surface area contributed by atoms with Gasteiger partial charge < -0.3 is 9.46 Å². The van der Waals surface area contributed by atoms with Gasteiger partial charge in [0.25, 0.3) is 0 Å². The van der Waals surface area contributed by atoms with Crippen molar-refractivity contribution in [1.82, 2.24) is 0 Å². The van der Waals surface area contributed by atoms with E-state index in [-0.39, 0.29) is 24.5 Å². The Balaban J connectivity index is 1.45. The van der Waals surface area contributed by atoms with Crippen LogP contribution in [0.1, 0.15) is 38.5 Å². The predicted molar refractivity (Wildman–Crippen MR) is 73.4 cm³/mol. The van der Waals surface area contributed by atoms with E-state index in [0.29, 0.717) is 17.8 Å². The van der Waals surface area contributed by atoms with Gasteiger partial charge in [-0.25, -0.2) is 0 Å². The van der Waals surface area contributed by atoms with E-state index >= 15 is 0 Å². The Morgan fingerprint density at radius 1 is 1.14 bits per heavy atom. The van der Waals surface area contributed by atoms with Gasteiger partial charge in [0.1, 0.15) is 0 Å². The average molecular weight is 322 g/mol. The van der Waals surface area contributed by atoms with Crippen molar-refractivity contribution < 1.29 is 22.7 Å². The number of ether oxygens (including phenoxy) is 1. The van der Waals surface area contributed by atoms with Crippen molar-refractivity contribution in [1.29, 1.82) is 0 Å². The summed E-state index contributed by atoms with van der Waals surface area (Å²) in [5.74, 6) is 1.74. The fraction of sp³-hybridized carbons (Fsp3) is 0.929. The van der Waals surface area contributed by atoms with Gasteiger partial charge in [0, 0.05) is 0 Å². The molecule has 4 rings (SSSR count). The molecule has 4 fully saturated rings. The number of halogens is 3. The smallest absolute Gasteiger partial charge is 0.423 e. The van der Waals surface area contributed by atoms with Gasteiger partial charge in [-0.15, -0.1) is 6.54 Å². The zero-order valence-corrected chi connectivity index (χ0v) is 12.5. The Morgan fingerprint density at radius 2 is 1.67 bits per heavy atom. The van der Waals surface area contributed by atoms with E-state index in [1.807, 2.05) is 0 Å². The monoisotopic (exact) mass is 322 g/mol. The molecule has 4 aliphatic rings. The first-order valence-electron chi connectivity index (χ1n) is 7.45. The van der Waals surface area contributed by atoms with E-state index in [1.165, 1.54) is 19.3 Å². The summed E-state index contributed by atoms with van der Waals surface area (Å²) in [7, 11) is 0. The number of hydrogen-bond acceptors (Lipinski definition) is 3. The minimum atomic E-state index is -4.36. The highest BCUT2D eigenvalue weighted by atomic mass is 32.2. The number of nitrogens with zero attached hydrogens (tertiary/aromatic N) is 1. The highest BCUT2D eigenvalue weighted by Crippen LogP contribution is 2.60. The third-order valence-electron chi connectivity index (χ3n) is 5.06. The highest BCUT2D eigenvalue weighted by molar-refractivity contribution is 8.02. The molecule has 21 heavy (non-hydrogen) atoms.